The van der Waals surface area contributed by atoms with Gasteiger partial charge in [0.15, 0.2) is 11.6 Å². The van der Waals surface area contributed by atoms with Gasteiger partial charge in [0.25, 0.3) is 0 Å². The Hall–Kier alpha value is -1.09. The Bertz CT molecular complexity index is 449. The van der Waals surface area contributed by atoms with Gasteiger partial charge in [-0.3, -0.25) is 0 Å². The summed E-state index contributed by atoms with van der Waals surface area (Å²) in [4.78, 5) is 2.57. The van der Waals surface area contributed by atoms with Crippen molar-refractivity contribution >= 4 is 0 Å². The molecule has 0 fully saturated rings. The van der Waals surface area contributed by atoms with E-state index in [2.05, 4.69) is 25.7 Å². The van der Waals surface area contributed by atoms with E-state index in [-0.39, 0.29) is 5.82 Å². The quantitative estimate of drug-likeness (QED) is 0.411. The monoisotopic (exact) mass is 337 g/mol. The van der Waals surface area contributed by atoms with Gasteiger partial charge in [0.05, 0.1) is 6.61 Å². The Morgan fingerprint density at radius 2 is 1.71 bits per heavy atom. The highest BCUT2D eigenvalue weighted by Crippen LogP contribution is 2.18. The van der Waals surface area contributed by atoms with Gasteiger partial charge in [-0.25, -0.2) is 4.39 Å². The van der Waals surface area contributed by atoms with Crippen LogP contribution in [0.3, 0.4) is 0 Å². The molecule has 1 atom stereocenters. The van der Waals surface area contributed by atoms with E-state index >= 15 is 0 Å². The molecule has 1 rings (SSSR count). The summed E-state index contributed by atoms with van der Waals surface area (Å²) < 4.78 is 19.1. The normalized spacial score (nSPS) is 12.6. The van der Waals surface area contributed by atoms with E-state index in [0.29, 0.717) is 18.4 Å². The van der Waals surface area contributed by atoms with Gasteiger partial charge in [-0.1, -0.05) is 45.6 Å². The molecule has 3 heteroatoms. The molecule has 2 nitrogen and oxygen atoms in total. The van der Waals surface area contributed by atoms with Gasteiger partial charge in [0, 0.05) is 6.04 Å². The van der Waals surface area contributed by atoms with Crippen LogP contribution in [0, 0.1) is 12.7 Å². The van der Waals surface area contributed by atoms with Crippen molar-refractivity contribution < 1.29 is 9.13 Å². The summed E-state index contributed by atoms with van der Waals surface area (Å²) in [5, 5.41) is 0. The summed E-state index contributed by atoms with van der Waals surface area (Å²) in [6, 6.07) is 5.84. The first kappa shape index (κ1) is 21.0. The molecule has 0 aliphatic rings. The van der Waals surface area contributed by atoms with Crippen molar-refractivity contribution in [1.82, 2.24) is 4.90 Å². The van der Waals surface area contributed by atoms with Crippen molar-refractivity contribution in [2.75, 3.05) is 19.7 Å². The lowest BCUT2D eigenvalue weighted by atomic mass is 10.1. The van der Waals surface area contributed by atoms with Crippen LogP contribution >= 0.6 is 0 Å². The number of rotatable bonds is 13. The van der Waals surface area contributed by atoms with Gasteiger partial charge in [-0.2, -0.15) is 0 Å². The lowest BCUT2D eigenvalue weighted by Gasteiger charge is -2.26. The number of aryl methyl sites for hydroxylation is 1. The first-order valence-corrected chi connectivity index (χ1v) is 9.71. The summed E-state index contributed by atoms with van der Waals surface area (Å²) in [7, 11) is 0. The van der Waals surface area contributed by atoms with Crippen LogP contribution in [0.4, 0.5) is 4.39 Å². The van der Waals surface area contributed by atoms with Gasteiger partial charge in [-0.05, 0) is 63.9 Å². The van der Waals surface area contributed by atoms with Crippen molar-refractivity contribution in [2.24, 2.45) is 0 Å². The second-order valence-electron chi connectivity index (χ2n) is 6.79. The van der Waals surface area contributed by atoms with E-state index < -0.39 is 0 Å². The summed E-state index contributed by atoms with van der Waals surface area (Å²) in [5.41, 5.74) is 0.926. The zero-order valence-electron chi connectivity index (χ0n) is 16.1. The molecule has 0 spiro atoms. The molecular formula is C21H36FNO. The van der Waals surface area contributed by atoms with Gasteiger partial charge in [-0.15, -0.1) is 0 Å². The number of benzene rings is 1. The zero-order valence-corrected chi connectivity index (χ0v) is 16.1. The van der Waals surface area contributed by atoms with E-state index in [4.69, 9.17) is 4.74 Å². The molecule has 0 saturated carbocycles. The van der Waals surface area contributed by atoms with E-state index in [1.165, 1.54) is 44.7 Å². The largest absolute Gasteiger partial charge is 0.491 e. The van der Waals surface area contributed by atoms with E-state index in [0.717, 1.165) is 24.9 Å². The summed E-state index contributed by atoms with van der Waals surface area (Å²) in [6.45, 7) is 11.7. The lowest BCUT2D eigenvalue weighted by molar-refractivity contribution is 0.210. The standard InChI is InChI=1S/C21H36FNO/c1-5-19(4)23(6-2)15-11-9-7-8-10-12-16-24-21-14-13-18(3)17-20(21)22/h13-14,17,19H,5-12,15-16H2,1-4H3. The Kier molecular flexibility index (Phi) is 10.7. The average Bonchev–Trinajstić information content (AvgIpc) is 2.57. The van der Waals surface area contributed by atoms with Crippen molar-refractivity contribution in [2.45, 2.75) is 78.7 Å². The van der Waals surface area contributed by atoms with Crippen LogP contribution in [-0.4, -0.2) is 30.6 Å². The first-order valence-electron chi connectivity index (χ1n) is 9.71. The summed E-state index contributed by atoms with van der Waals surface area (Å²) in [6.07, 6.45) is 8.53. The van der Waals surface area contributed by atoms with Crippen LogP contribution in [0.25, 0.3) is 0 Å². The second kappa shape index (κ2) is 12.3. The summed E-state index contributed by atoms with van der Waals surface area (Å²) >= 11 is 0. The maximum Gasteiger partial charge on any atom is 0.165 e. The van der Waals surface area contributed by atoms with Crippen molar-refractivity contribution in [1.29, 1.82) is 0 Å². The first-order chi connectivity index (χ1) is 11.6. The Balaban J connectivity index is 2.01. The van der Waals surface area contributed by atoms with Crippen molar-refractivity contribution in [3.05, 3.63) is 29.6 Å². The third-order valence-corrected chi connectivity index (χ3v) is 4.80. The number of halogens is 1. The van der Waals surface area contributed by atoms with E-state index in [1.54, 1.807) is 6.07 Å². The molecular weight excluding hydrogens is 301 g/mol. The van der Waals surface area contributed by atoms with Gasteiger partial charge < -0.3 is 9.64 Å². The fourth-order valence-electron chi connectivity index (χ4n) is 2.98. The van der Waals surface area contributed by atoms with Gasteiger partial charge >= 0.3 is 0 Å². The fraction of sp³-hybridized carbons (Fsp3) is 0.714. The average molecular weight is 338 g/mol. The molecule has 0 N–H and O–H groups in total. The van der Waals surface area contributed by atoms with Gasteiger partial charge in [0.1, 0.15) is 0 Å². The topological polar surface area (TPSA) is 12.5 Å². The number of unbranched alkanes of at least 4 members (excludes halogenated alkanes) is 5. The maximum absolute atomic E-state index is 13.6. The van der Waals surface area contributed by atoms with Crippen LogP contribution in [0.15, 0.2) is 18.2 Å². The smallest absolute Gasteiger partial charge is 0.165 e. The molecule has 1 aromatic carbocycles. The second-order valence-corrected chi connectivity index (χ2v) is 6.79. The molecule has 0 amide bonds. The fourth-order valence-corrected chi connectivity index (χ4v) is 2.98. The van der Waals surface area contributed by atoms with Crippen molar-refractivity contribution in [3.63, 3.8) is 0 Å². The van der Waals surface area contributed by atoms with Crippen LogP contribution in [-0.2, 0) is 0 Å². The van der Waals surface area contributed by atoms with Crippen LogP contribution in [0.5, 0.6) is 5.75 Å². The highest BCUT2D eigenvalue weighted by Gasteiger charge is 2.08. The molecule has 0 saturated heterocycles. The number of hydrogen-bond acceptors (Lipinski definition) is 2. The molecule has 138 valence electrons. The minimum absolute atomic E-state index is 0.253. The lowest BCUT2D eigenvalue weighted by Crippen LogP contribution is -2.33. The van der Waals surface area contributed by atoms with E-state index in [9.17, 15) is 4.39 Å². The highest BCUT2D eigenvalue weighted by molar-refractivity contribution is 5.28. The van der Waals surface area contributed by atoms with Crippen LogP contribution < -0.4 is 4.74 Å². The Morgan fingerprint density at radius 1 is 1.04 bits per heavy atom. The van der Waals surface area contributed by atoms with Gasteiger partial charge in [0.2, 0.25) is 0 Å². The molecule has 0 aromatic heterocycles. The molecule has 0 aliphatic carbocycles. The Morgan fingerprint density at radius 3 is 2.33 bits per heavy atom. The number of hydrogen-bond donors (Lipinski definition) is 0. The molecule has 0 radical (unpaired) electrons. The molecule has 0 bridgehead atoms. The van der Waals surface area contributed by atoms with E-state index in [1.807, 2.05) is 13.0 Å². The SMILES string of the molecule is CCC(C)N(CC)CCCCCCCCOc1ccc(C)cc1F. The number of ether oxygens (including phenoxy) is 1. The molecule has 24 heavy (non-hydrogen) atoms. The predicted molar refractivity (Wildman–Crippen MR) is 101 cm³/mol. The zero-order chi connectivity index (χ0) is 17.8. The molecule has 1 aromatic rings. The third-order valence-electron chi connectivity index (χ3n) is 4.80. The molecule has 0 aliphatic heterocycles. The highest BCUT2D eigenvalue weighted by atomic mass is 19.1. The van der Waals surface area contributed by atoms with Crippen LogP contribution in [0.1, 0.15) is 71.3 Å². The maximum atomic E-state index is 13.6. The predicted octanol–water partition coefficient (Wildman–Crippen LogP) is 5.97. The third kappa shape index (κ3) is 8.14. The minimum atomic E-state index is -0.253. The Labute approximate surface area is 148 Å². The summed E-state index contributed by atoms with van der Waals surface area (Å²) in [5.74, 6) is 0.127. The van der Waals surface area contributed by atoms with Crippen LogP contribution in [0.2, 0.25) is 0 Å². The van der Waals surface area contributed by atoms with Crippen molar-refractivity contribution in [3.8, 4) is 5.75 Å². The molecule has 0 heterocycles. The number of nitrogens with zero attached hydrogens (tertiary/aromatic N) is 1. The minimum Gasteiger partial charge on any atom is -0.491 e. The molecule has 1 unspecified atom stereocenters.